The molecule has 6 atom stereocenters. The molecule has 5 rings (SSSR count). The highest BCUT2D eigenvalue weighted by Crippen LogP contribution is 2.69. The molecule has 4 aliphatic carbocycles. The van der Waals surface area contributed by atoms with Crippen molar-refractivity contribution in [3.63, 3.8) is 0 Å². The van der Waals surface area contributed by atoms with Gasteiger partial charge in [0.15, 0.2) is 0 Å². The Morgan fingerprint density at radius 2 is 1.61 bits per heavy atom. The van der Waals surface area contributed by atoms with E-state index in [1.165, 1.54) is 30.8 Å². The van der Waals surface area contributed by atoms with Gasteiger partial charge < -0.3 is 0 Å². The van der Waals surface area contributed by atoms with Gasteiger partial charge in [0.05, 0.1) is 4.08 Å². The summed E-state index contributed by atoms with van der Waals surface area (Å²) in [4.78, 5) is 0. The minimum absolute atomic E-state index is 0.646. The molecular formula is C21H34S2. The van der Waals surface area contributed by atoms with E-state index in [9.17, 15) is 0 Å². The molecule has 0 N–H and O–H groups in total. The summed E-state index contributed by atoms with van der Waals surface area (Å²) in [5.74, 6) is 7.13. The first-order valence-corrected chi connectivity index (χ1v) is 12.3. The van der Waals surface area contributed by atoms with Gasteiger partial charge in [-0.1, -0.05) is 20.3 Å². The highest BCUT2D eigenvalue weighted by Gasteiger charge is 2.59. The van der Waals surface area contributed by atoms with E-state index in [4.69, 9.17) is 0 Å². The average Bonchev–Trinajstić information content (AvgIpc) is 3.15. The van der Waals surface area contributed by atoms with Crippen LogP contribution in [0.5, 0.6) is 0 Å². The summed E-state index contributed by atoms with van der Waals surface area (Å²) in [5.41, 5.74) is 1.43. The van der Waals surface area contributed by atoms with Crippen LogP contribution in [0.3, 0.4) is 0 Å². The monoisotopic (exact) mass is 350 g/mol. The van der Waals surface area contributed by atoms with Gasteiger partial charge in [-0.15, -0.1) is 23.5 Å². The summed E-state index contributed by atoms with van der Waals surface area (Å²) >= 11 is 4.65. The number of hydrogen-bond acceptors (Lipinski definition) is 2. The molecule has 5 fully saturated rings. The SMILES string of the molecule is C[C@]12CCC[C@@H]1[C@@H]1CC[C@H]3CC4(CC[C@]3(C)[C@@H]1CC2)SCCS4. The normalized spacial score (nSPS) is 54.5. The minimum Gasteiger partial charge on any atom is -0.143 e. The van der Waals surface area contributed by atoms with Crippen LogP contribution in [0.15, 0.2) is 0 Å². The molecule has 0 nitrogen and oxygen atoms in total. The smallest absolute Gasteiger partial charge is 0.0614 e. The summed E-state index contributed by atoms with van der Waals surface area (Å²) in [7, 11) is 0. The van der Waals surface area contributed by atoms with Crippen LogP contribution in [0.2, 0.25) is 0 Å². The van der Waals surface area contributed by atoms with Gasteiger partial charge in [0.25, 0.3) is 0 Å². The van der Waals surface area contributed by atoms with Crippen molar-refractivity contribution in [2.45, 2.75) is 82.1 Å². The molecule has 130 valence electrons. The molecule has 23 heavy (non-hydrogen) atoms. The Bertz CT molecular complexity index is 482. The van der Waals surface area contributed by atoms with E-state index < -0.39 is 0 Å². The lowest BCUT2D eigenvalue weighted by molar-refractivity contribution is -0.103. The summed E-state index contributed by atoms with van der Waals surface area (Å²) in [5, 5.41) is 0. The highest BCUT2D eigenvalue weighted by molar-refractivity contribution is 8.21. The third-order valence-electron chi connectivity index (χ3n) is 9.26. The first kappa shape index (κ1) is 15.9. The molecule has 0 aromatic rings. The lowest BCUT2D eigenvalue weighted by atomic mass is 9.45. The lowest BCUT2D eigenvalue weighted by Gasteiger charge is -2.61. The first-order chi connectivity index (χ1) is 11.0. The van der Waals surface area contributed by atoms with Crippen LogP contribution >= 0.6 is 23.5 Å². The molecule has 0 bridgehead atoms. The first-order valence-electron chi connectivity index (χ1n) is 10.3. The van der Waals surface area contributed by atoms with E-state index in [2.05, 4.69) is 37.4 Å². The molecule has 2 heteroatoms. The average molecular weight is 351 g/mol. The van der Waals surface area contributed by atoms with E-state index in [0.717, 1.165) is 29.1 Å². The Hall–Kier alpha value is 0.700. The van der Waals surface area contributed by atoms with Crippen LogP contribution in [0.25, 0.3) is 0 Å². The molecular weight excluding hydrogens is 316 g/mol. The molecule has 0 amide bonds. The predicted molar refractivity (Wildman–Crippen MR) is 104 cm³/mol. The van der Waals surface area contributed by atoms with Gasteiger partial charge in [0.2, 0.25) is 0 Å². The van der Waals surface area contributed by atoms with Gasteiger partial charge in [-0.05, 0) is 92.3 Å². The second kappa shape index (κ2) is 5.35. The van der Waals surface area contributed by atoms with Crippen molar-refractivity contribution in [1.29, 1.82) is 0 Å². The second-order valence-corrected chi connectivity index (χ2v) is 13.3. The standard InChI is InChI=1S/C21H34S2/c1-19-8-3-4-17(19)16-6-5-15-14-21(22-12-13-23-21)11-10-20(15,2)18(16)7-9-19/h15-18H,3-14H2,1-2H3/t15-,16-,17+,18+,19+,20-/m0/s1. The van der Waals surface area contributed by atoms with E-state index in [-0.39, 0.29) is 0 Å². The van der Waals surface area contributed by atoms with Gasteiger partial charge in [0.1, 0.15) is 0 Å². The Morgan fingerprint density at radius 3 is 2.43 bits per heavy atom. The van der Waals surface area contributed by atoms with Crippen molar-refractivity contribution in [2.75, 3.05) is 11.5 Å². The van der Waals surface area contributed by atoms with Crippen LogP contribution in [0.4, 0.5) is 0 Å². The Morgan fingerprint density at radius 1 is 0.783 bits per heavy atom. The fourth-order valence-electron chi connectivity index (χ4n) is 7.95. The third-order valence-corrected chi connectivity index (χ3v) is 12.8. The largest absolute Gasteiger partial charge is 0.143 e. The van der Waals surface area contributed by atoms with E-state index in [1.807, 2.05) is 0 Å². The minimum atomic E-state index is 0.646. The van der Waals surface area contributed by atoms with Crippen LogP contribution in [0, 0.1) is 34.5 Å². The van der Waals surface area contributed by atoms with Crippen LogP contribution in [-0.2, 0) is 0 Å². The van der Waals surface area contributed by atoms with Crippen LogP contribution in [-0.4, -0.2) is 15.6 Å². The van der Waals surface area contributed by atoms with Crippen molar-refractivity contribution in [1.82, 2.24) is 0 Å². The fraction of sp³-hybridized carbons (Fsp3) is 1.00. The van der Waals surface area contributed by atoms with Crippen LogP contribution in [0.1, 0.15) is 78.1 Å². The van der Waals surface area contributed by atoms with Crippen molar-refractivity contribution in [3.05, 3.63) is 0 Å². The van der Waals surface area contributed by atoms with Crippen molar-refractivity contribution in [3.8, 4) is 0 Å². The Labute approximate surface area is 151 Å². The maximum atomic E-state index is 2.74. The summed E-state index contributed by atoms with van der Waals surface area (Å²) < 4.78 is 0.646. The van der Waals surface area contributed by atoms with E-state index in [0.29, 0.717) is 9.49 Å². The van der Waals surface area contributed by atoms with Crippen molar-refractivity contribution < 1.29 is 0 Å². The number of hydrogen-bond donors (Lipinski definition) is 0. The number of thioether (sulfide) groups is 2. The van der Waals surface area contributed by atoms with E-state index >= 15 is 0 Å². The van der Waals surface area contributed by atoms with Gasteiger partial charge in [-0.25, -0.2) is 0 Å². The zero-order valence-electron chi connectivity index (χ0n) is 15.1. The highest BCUT2D eigenvalue weighted by atomic mass is 32.2. The second-order valence-electron chi connectivity index (χ2n) is 10.1. The van der Waals surface area contributed by atoms with E-state index in [1.54, 1.807) is 44.9 Å². The molecule has 0 unspecified atom stereocenters. The molecule has 0 aromatic carbocycles. The Kier molecular flexibility index (Phi) is 3.70. The number of rotatable bonds is 0. The topological polar surface area (TPSA) is 0 Å². The molecule has 1 saturated heterocycles. The van der Waals surface area contributed by atoms with Gasteiger partial charge in [-0.3, -0.25) is 0 Å². The van der Waals surface area contributed by atoms with Gasteiger partial charge in [-0.2, -0.15) is 0 Å². The maximum absolute atomic E-state index is 2.74. The fourth-order valence-corrected chi connectivity index (χ4v) is 11.3. The maximum Gasteiger partial charge on any atom is 0.0614 e. The zero-order valence-corrected chi connectivity index (χ0v) is 16.7. The Balaban J connectivity index is 1.41. The number of fused-ring (bicyclic) bond motifs is 5. The van der Waals surface area contributed by atoms with Gasteiger partial charge in [0, 0.05) is 11.5 Å². The van der Waals surface area contributed by atoms with Crippen molar-refractivity contribution >= 4 is 23.5 Å². The van der Waals surface area contributed by atoms with Crippen molar-refractivity contribution in [2.24, 2.45) is 34.5 Å². The third kappa shape index (κ3) is 2.25. The predicted octanol–water partition coefficient (Wildman–Crippen LogP) is 6.60. The molecule has 5 aliphatic rings. The molecule has 1 heterocycles. The molecule has 1 spiro atoms. The molecule has 4 saturated carbocycles. The van der Waals surface area contributed by atoms with Gasteiger partial charge >= 0.3 is 0 Å². The summed E-state index contributed by atoms with van der Waals surface area (Å²) in [6.45, 7) is 5.39. The van der Waals surface area contributed by atoms with Crippen LogP contribution < -0.4 is 0 Å². The quantitative estimate of drug-likeness (QED) is 0.483. The zero-order chi connectivity index (χ0) is 15.7. The molecule has 0 radical (unpaired) electrons. The molecule has 0 aromatic heterocycles. The summed E-state index contributed by atoms with van der Waals surface area (Å²) in [6, 6.07) is 0. The summed E-state index contributed by atoms with van der Waals surface area (Å²) in [6.07, 6.45) is 15.5. The lowest BCUT2D eigenvalue weighted by Crippen LogP contribution is -2.54. The molecule has 1 aliphatic heterocycles.